The molecule has 1 aliphatic carbocycles. The van der Waals surface area contributed by atoms with Crippen molar-refractivity contribution >= 4 is 5.96 Å². The standard InChI is InChI=1S/C7H15N3O2/c1-12-6-4-2-3-5(6)9-7(8)10-11/h5-6,11H,2-4H2,1H3,(H3,8,9,10). The first-order chi connectivity index (χ1) is 5.77. The number of rotatable bonds is 2. The third kappa shape index (κ3) is 2.09. The molecule has 0 aromatic rings. The second-order valence-corrected chi connectivity index (χ2v) is 2.90. The van der Waals surface area contributed by atoms with Gasteiger partial charge in [0.1, 0.15) is 0 Å². The molecule has 0 heterocycles. The first-order valence-electron chi connectivity index (χ1n) is 4.04. The van der Waals surface area contributed by atoms with Gasteiger partial charge in [-0.15, -0.1) is 0 Å². The molecule has 0 aliphatic heterocycles. The molecule has 0 saturated heterocycles. The highest BCUT2D eigenvalue weighted by atomic mass is 16.5. The quantitative estimate of drug-likeness (QED) is 0.308. The van der Waals surface area contributed by atoms with Crippen LogP contribution in [-0.4, -0.2) is 30.4 Å². The minimum atomic E-state index is 0.0592. The zero-order chi connectivity index (χ0) is 8.97. The van der Waals surface area contributed by atoms with Crippen molar-refractivity contribution in [3.63, 3.8) is 0 Å². The molecule has 1 saturated carbocycles. The average Bonchev–Trinajstić information content (AvgIpc) is 2.51. The maximum atomic E-state index is 8.41. The largest absolute Gasteiger partial charge is 0.379 e. The highest BCUT2D eigenvalue weighted by molar-refractivity contribution is 5.76. The topological polar surface area (TPSA) is 79.9 Å². The number of nitrogens with one attached hydrogen (secondary N) is 1. The van der Waals surface area contributed by atoms with Crippen molar-refractivity contribution in [3.8, 4) is 0 Å². The number of hydrogen-bond acceptors (Lipinski definition) is 3. The molecule has 0 aromatic heterocycles. The fourth-order valence-electron chi connectivity index (χ4n) is 1.54. The highest BCUT2D eigenvalue weighted by Gasteiger charge is 2.26. The molecule has 12 heavy (non-hydrogen) atoms. The van der Waals surface area contributed by atoms with E-state index in [9.17, 15) is 0 Å². The summed E-state index contributed by atoms with van der Waals surface area (Å²) in [7, 11) is 1.67. The van der Waals surface area contributed by atoms with E-state index in [1.54, 1.807) is 7.11 Å². The van der Waals surface area contributed by atoms with Crippen molar-refractivity contribution in [3.05, 3.63) is 0 Å². The SMILES string of the molecule is COC1CCCC1N=C(N)NO. The molecule has 2 atom stereocenters. The number of nitrogens with zero attached hydrogens (tertiary/aromatic N) is 1. The van der Waals surface area contributed by atoms with Crippen molar-refractivity contribution in [1.82, 2.24) is 5.48 Å². The Morgan fingerprint density at radius 2 is 2.42 bits per heavy atom. The Balaban J connectivity index is 2.50. The predicted molar refractivity (Wildman–Crippen MR) is 45.0 cm³/mol. The zero-order valence-electron chi connectivity index (χ0n) is 7.16. The molecule has 0 bridgehead atoms. The lowest BCUT2D eigenvalue weighted by Crippen LogP contribution is -2.32. The molecule has 0 aromatic carbocycles. The molecule has 70 valence electrons. The van der Waals surface area contributed by atoms with Crippen LogP contribution in [0.25, 0.3) is 0 Å². The van der Waals surface area contributed by atoms with E-state index in [4.69, 9.17) is 15.7 Å². The molecular weight excluding hydrogens is 158 g/mol. The van der Waals surface area contributed by atoms with E-state index in [1.165, 1.54) is 0 Å². The lowest BCUT2D eigenvalue weighted by molar-refractivity contribution is 0.0960. The fraction of sp³-hybridized carbons (Fsp3) is 0.857. The van der Waals surface area contributed by atoms with E-state index < -0.39 is 0 Å². The Kier molecular flexibility index (Phi) is 3.31. The zero-order valence-corrected chi connectivity index (χ0v) is 7.16. The van der Waals surface area contributed by atoms with Gasteiger partial charge in [0.25, 0.3) is 0 Å². The van der Waals surface area contributed by atoms with Crippen LogP contribution in [0.2, 0.25) is 0 Å². The van der Waals surface area contributed by atoms with Gasteiger partial charge in [-0.25, -0.2) is 10.5 Å². The summed E-state index contributed by atoms with van der Waals surface area (Å²) in [4.78, 5) is 4.06. The van der Waals surface area contributed by atoms with Crippen LogP contribution in [-0.2, 0) is 4.74 Å². The van der Waals surface area contributed by atoms with Crippen molar-refractivity contribution in [2.45, 2.75) is 31.4 Å². The van der Waals surface area contributed by atoms with Crippen molar-refractivity contribution in [2.75, 3.05) is 7.11 Å². The normalized spacial score (nSPS) is 30.7. The second kappa shape index (κ2) is 4.27. The van der Waals surface area contributed by atoms with Crippen LogP contribution in [0.1, 0.15) is 19.3 Å². The summed E-state index contributed by atoms with van der Waals surface area (Å²) in [6.45, 7) is 0. The highest BCUT2D eigenvalue weighted by Crippen LogP contribution is 2.23. The lowest BCUT2D eigenvalue weighted by Gasteiger charge is -2.13. The summed E-state index contributed by atoms with van der Waals surface area (Å²) in [5.74, 6) is 0.0592. The van der Waals surface area contributed by atoms with Gasteiger partial charge in [-0.3, -0.25) is 5.21 Å². The van der Waals surface area contributed by atoms with E-state index in [1.807, 2.05) is 5.48 Å². The number of guanidine groups is 1. The molecule has 1 fully saturated rings. The summed E-state index contributed by atoms with van der Waals surface area (Å²) < 4.78 is 5.20. The minimum absolute atomic E-state index is 0.0592. The van der Waals surface area contributed by atoms with E-state index in [-0.39, 0.29) is 18.1 Å². The Hall–Kier alpha value is -0.810. The van der Waals surface area contributed by atoms with Gasteiger partial charge >= 0.3 is 0 Å². The van der Waals surface area contributed by atoms with Crippen molar-refractivity contribution < 1.29 is 9.94 Å². The summed E-state index contributed by atoms with van der Waals surface area (Å²) >= 11 is 0. The lowest BCUT2D eigenvalue weighted by atomic mass is 10.2. The van der Waals surface area contributed by atoms with Crippen LogP contribution >= 0.6 is 0 Å². The van der Waals surface area contributed by atoms with Crippen molar-refractivity contribution in [1.29, 1.82) is 0 Å². The Morgan fingerprint density at radius 1 is 1.67 bits per heavy atom. The number of methoxy groups -OCH3 is 1. The van der Waals surface area contributed by atoms with Gasteiger partial charge in [0.05, 0.1) is 12.1 Å². The number of aliphatic imine (C=N–C) groups is 1. The third-order valence-electron chi connectivity index (χ3n) is 2.14. The smallest absolute Gasteiger partial charge is 0.213 e. The van der Waals surface area contributed by atoms with Crippen LogP contribution in [0.3, 0.4) is 0 Å². The molecule has 5 nitrogen and oxygen atoms in total. The third-order valence-corrected chi connectivity index (χ3v) is 2.14. The molecule has 5 heteroatoms. The first kappa shape index (κ1) is 9.28. The minimum Gasteiger partial charge on any atom is -0.379 e. The van der Waals surface area contributed by atoms with Crippen molar-refractivity contribution in [2.24, 2.45) is 10.7 Å². The molecule has 0 amide bonds. The summed E-state index contributed by atoms with van der Waals surface area (Å²) in [5, 5.41) is 8.41. The predicted octanol–water partition coefficient (Wildman–Crippen LogP) is -0.153. The van der Waals surface area contributed by atoms with Gasteiger partial charge in [-0.05, 0) is 19.3 Å². The van der Waals surface area contributed by atoms with Gasteiger partial charge in [-0.1, -0.05) is 0 Å². The van der Waals surface area contributed by atoms with Crippen LogP contribution in [0, 0.1) is 0 Å². The molecule has 1 aliphatic rings. The van der Waals surface area contributed by atoms with Gasteiger partial charge in [0.15, 0.2) is 0 Å². The maximum absolute atomic E-state index is 8.41. The number of ether oxygens (including phenoxy) is 1. The van der Waals surface area contributed by atoms with Crippen LogP contribution < -0.4 is 11.2 Å². The van der Waals surface area contributed by atoms with Gasteiger partial charge < -0.3 is 10.5 Å². The monoisotopic (exact) mass is 173 g/mol. The van der Waals surface area contributed by atoms with E-state index in [0.29, 0.717) is 0 Å². The first-order valence-corrected chi connectivity index (χ1v) is 4.04. The van der Waals surface area contributed by atoms with Crippen LogP contribution in [0.5, 0.6) is 0 Å². The molecule has 0 radical (unpaired) electrons. The van der Waals surface area contributed by atoms with E-state index in [0.717, 1.165) is 19.3 Å². The van der Waals surface area contributed by atoms with Crippen LogP contribution in [0.4, 0.5) is 0 Å². The Morgan fingerprint density at radius 3 is 3.00 bits per heavy atom. The summed E-state index contributed by atoms with van der Waals surface area (Å²) in [6.07, 6.45) is 3.24. The summed E-state index contributed by atoms with van der Waals surface area (Å²) in [5.41, 5.74) is 7.11. The summed E-state index contributed by atoms with van der Waals surface area (Å²) in [6, 6.07) is 0.0923. The molecule has 0 spiro atoms. The Labute approximate surface area is 71.6 Å². The molecule has 4 N–H and O–H groups in total. The van der Waals surface area contributed by atoms with Crippen LogP contribution in [0.15, 0.2) is 4.99 Å². The van der Waals surface area contributed by atoms with Gasteiger partial charge in [-0.2, -0.15) is 0 Å². The van der Waals surface area contributed by atoms with Gasteiger partial charge in [0.2, 0.25) is 5.96 Å². The average molecular weight is 173 g/mol. The number of hydroxylamine groups is 1. The Bertz CT molecular complexity index is 172. The second-order valence-electron chi connectivity index (χ2n) is 2.90. The van der Waals surface area contributed by atoms with E-state index >= 15 is 0 Å². The van der Waals surface area contributed by atoms with E-state index in [2.05, 4.69) is 4.99 Å². The number of hydrogen-bond donors (Lipinski definition) is 3. The molecular formula is C7H15N3O2. The van der Waals surface area contributed by atoms with Gasteiger partial charge in [0, 0.05) is 7.11 Å². The maximum Gasteiger partial charge on any atom is 0.213 e. The fourth-order valence-corrected chi connectivity index (χ4v) is 1.54. The number of nitrogens with two attached hydrogens (primary N) is 1. The molecule has 2 unspecified atom stereocenters. The molecule has 1 rings (SSSR count).